The molecule has 0 aliphatic heterocycles. The number of aromatic nitrogens is 2. The summed E-state index contributed by atoms with van der Waals surface area (Å²) < 4.78 is 1.35. The summed E-state index contributed by atoms with van der Waals surface area (Å²) in [6.45, 7) is 0.619. The van der Waals surface area contributed by atoms with Gasteiger partial charge in [-0.25, -0.2) is 0 Å². The highest BCUT2D eigenvalue weighted by atomic mass is 32.1. The lowest BCUT2D eigenvalue weighted by Gasteiger charge is -2.22. The predicted octanol–water partition coefficient (Wildman–Crippen LogP) is 2.25. The third-order valence-electron chi connectivity index (χ3n) is 3.74. The van der Waals surface area contributed by atoms with Gasteiger partial charge < -0.3 is 5.32 Å². The molecule has 3 aromatic rings. The Hall–Kier alpha value is -3.19. The molecule has 2 aromatic carbocycles. The molecule has 0 aliphatic rings. The van der Waals surface area contributed by atoms with E-state index in [4.69, 9.17) is 12.2 Å². The Morgan fingerprint density at radius 2 is 1.77 bits per heavy atom. The van der Waals surface area contributed by atoms with Crippen LogP contribution in [0, 0.1) is 0 Å². The Balaban J connectivity index is 1.63. The summed E-state index contributed by atoms with van der Waals surface area (Å²) in [5.41, 5.74) is 5.27. The molecule has 7 heteroatoms. The van der Waals surface area contributed by atoms with Crippen molar-refractivity contribution in [1.82, 2.24) is 20.5 Å². The zero-order valence-corrected chi connectivity index (χ0v) is 15.1. The van der Waals surface area contributed by atoms with E-state index in [1.165, 1.54) is 10.7 Å². The maximum absolute atomic E-state index is 12.3. The van der Waals surface area contributed by atoms with E-state index in [9.17, 15) is 4.79 Å². The largest absolute Gasteiger partial charge is 0.357 e. The SMILES string of the molecule is CN(NC(=S)NCc1ccccc1)c1cnn(-c2ccccc2)c(=O)c1. The lowest BCUT2D eigenvalue weighted by atomic mass is 10.2. The molecule has 0 saturated heterocycles. The first-order valence-corrected chi connectivity index (χ1v) is 8.51. The van der Waals surface area contributed by atoms with Crippen molar-refractivity contribution in [2.75, 3.05) is 12.1 Å². The lowest BCUT2D eigenvalue weighted by molar-refractivity contribution is 0.777. The van der Waals surface area contributed by atoms with Crippen LogP contribution in [0.2, 0.25) is 0 Å². The number of anilines is 1. The van der Waals surface area contributed by atoms with Crippen LogP contribution in [0.25, 0.3) is 5.69 Å². The summed E-state index contributed by atoms with van der Waals surface area (Å²) >= 11 is 5.30. The lowest BCUT2D eigenvalue weighted by Crippen LogP contribution is -2.45. The topological polar surface area (TPSA) is 62.2 Å². The van der Waals surface area contributed by atoms with E-state index in [1.807, 2.05) is 60.7 Å². The van der Waals surface area contributed by atoms with E-state index in [1.54, 1.807) is 18.3 Å². The van der Waals surface area contributed by atoms with Crippen LogP contribution >= 0.6 is 12.2 Å². The molecule has 0 saturated carbocycles. The third kappa shape index (κ3) is 4.46. The molecule has 0 atom stereocenters. The fourth-order valence-corrected chi connectivity index (χ4v) is 2.59. The minimum Gasteiger partial charge on any atom is -0.357 e. The van der Waals surface area contributed by atoms with E-state index in [0.29, 0.717) is 17.3 Å². The van der Waals surface area contributed by atoms with Crippen LogP contribution in [-0.2, 0) is 6.54 Å². The summed E-state index contributed by atoms with van der Waals surface area (Å²) in [4.78, 5) is 12.3. The molecule has 0 spiro atoms. The van der Waals surface area contributed by atoms with Gasteiger partial charge in [-0.1, -0.05) is 48.5 Å². The standard InChI is InChI=1S/C19H19N5OS/c1-23(22-19(26)20-13-15-8-4-2-5-9-15)17-12-18(25)24(21-14-17)16-10-6-3-7-11-16/h2-12,14H,13H2,1H3,(H2,20,22,26). The van der Waals surface area contributed by atoms with Gasteiger partial charge in [-0.3, -0.25) is 15.2 Å². The first-order valence-electron chi connectivity index (χ1n) is 8.10. The highest BCUT2D eigenvalue weighted by Gasteiger charge is 2.07. The van der Waals surface area contributed by atoms with Crippen LogP contribution in [0.4, 0.5) is 5.69 Å². The van der Waals surface area contributed by atoms with Gasteiger partial charge in [0.15, 0.2) is 5.11 Å². The average molecular weight is 365 g/mol. The van der Waals surface area contributed by atoms with E-state index < -0.39 is 0 Å². The van der Waals surface area contributed by atoms with Crippen molar-refractivity contribution in [1.29, 1.82) is 0 Å². The highest BCUT2D eigenvalue weighted by molar-refractivity contribution is 7.80. The number of benzene rings is 2. The van der Waals surface area contributed by atoms with Crippen LogP contribution in [-0.4, -0.2) is 21.9 Å². The Labute approximate surface area is 157 Å². The molecular weight excluding hydrogens is 346 g/mol. The molecule has 0 aliphatic carbocycles. The average Bonchev–Trinajstić information content (AvgIpc) is 2.68. The Bertz CT molecular complexity index is 927. The summed E-state index contributed by atoms with van der Waals surface area (Å²) in [6.07, 6.45) is 1.61. The number of thiocarbonyl (C=S) groups is 1. The van der Waals surface area contributed by atoms with Gasteiger partial charge in [0, 0.05) is 19.7 Å². The van der Waals surface area contributed by atoms with Crippen LogP contribution in [0.3, 0.4) is 0 Å². The van der Waals surface area contributed by atoms with Gasteiger partial charge in [0.2, 0.25) is 0 Å². The van der Waals surface area contributed by atoms with Crippen molar-refractivity contribution in [3.05, 3.63) is 88.8 Å². The first kappa shape index (κ1) is 17.6. The summed E-state index contributed by atoms with van der Waals surface area (Å²) in [6, 6.07) is 20.8. The van der Waals surface area contributed by atoms with Gasteiger partial charge in [-0.15, -0.1) is 0 Å². The number of nitrogens with zero attached hydrogens (tertiary/aromatic N) is 3. The molecule has 1 heterocycles. The molecule has 0 amide bonds. The van der Waals surface area contributed by atoms with Crippen LogP contribution in [0.5, 0.6) is 0 Å². The molecule has 2 N–H and O–H groups in total. The van der Waals surface area contributed by atoms with Crippen LogP contribution in [0.15, 0.2) is 77.7 Å². The van der Waals surface area contributed by atoms with Crippen molar-refractivity contribution in [3.63, 3.8) is 0 Å². The minimum atomic E-state index is -0.217. The molecule has 132 valence electrons. The first-order chi connectivity index (χ1) is 12.6. The number of rotatable bonds is 5. The zero-order chi connectivity index (χ0) is 18.4. The number of para-hydroxylation sites is 1. The van der Waals surface area contributed by atoms with Crippen molar-refractivity contribution in [2.24, 2.45) is 0 Å². The van der Waals surface area contributed by atoms with Gasteiger partial charge in [-0.2, -0.15) is 9.78 Å². The quantitative estimate of drug-likeness (QED) is 0.534. The van der Waals surface area contributed by atoms with E-state index in [-0.39, 0.29) is 5.56 Å². The fourth-order valence-electron chi connectivity index (χ4n) is 2.38. The Morgan fingerprint density at radius 1 is 1.12 bits per heavy atom. The second-order valence-corrected chi connectivity index (χ2v) is 6.05. The normalized spacial score (nSPS) is 10.2. The molecule has 0 radical (unpaired) electrons. The third-order valence-corrected chi connectivity index (χ3v) is 3.97. The zero-order valence-electron chi connectivity index (χ0n) is 14.3. The molecule has 1 aromatic heterocycles. The highest BCUT2D eigenvalue weighted by Crippen LogP contribution is 2.07. The second kappa shape index (κ2) is 8.26. The van der Waals surface area contributed by atoms with Gasteiger partial charge in [-0.05, 0) is 29.9 Å². The van der Waals surface area contributed by atoms with Gasteiger partial charge in [0.1, 0.15) is 0 Å². The van der Waals surface area contributed by atoms with Crippen molar-refractivity contribution < 1.29 is 0 Å². The number of hydrogen-bond donors (Lipinski definition) is 2. The number of hydrogen-bond acceptors (Lipinski definition) is 4. The maximum Gasteiger partial charge on any atom is 0.273 e. The molecular formula is C19H19N5OS. The summed E-state index contributed by atoms with van der Waals surface area (Å²) in [5, 5.41) is 9.47. The Morgan fingerprint density at radius 3 is 2.42 bits per heavy atom. The van der Waals surface area contributed by atoms with Crippen molar-refractivity contribution in [3.8, 4) is 5.69 Å². The summed E-state index contributed by atoms with van der Waals surface area (Å²) in [5.74, 6) is 0. The monoisotopic (exact) mass is 365 g/mol. The molecule has 6 nitrogen and oxygen atoms in total. The van der Waals surface area contributed by atoms with Crippen LogP contribution in [0.1, 0.15) is 5.56 Å². The van der Waals surface area contributed by atoms with E-state index in [0.717, 1.165) is 11.3 Å². The van der Waals surface area contributed by atoms with Crippen molar-refractivity contribution in [2.45, 2.75) is 6.54 Å². The van der Waals surface area contributed by atoms with Gasteiger partial charge in [0.05, 0.1) is 17.6 Å². The van der Waals surface area contributed by atoms with Crippen LogP contribution < -0.4 is 21.3 Å². The Kier molecular flexibility index (Phi) is 5.60. The number of nitrogens with one attached hydrogen (secondary N) is 2. The molecule has 0 unspecified atom stereocenters. The predicted molar refractivity (Wildman–Crippen MR) is 107 cm³/mol. The maximum atomic E-state index is 12.3. The number of hydrazine groups is 1. The fraction of sp³-hybridized carbons (Fsp3) is 0.105. The van der Waals surface area contributed by atoms with Gasteiger partial charge >= 0.3 is 0 Å². The van der Waals surface area contributed by atoms with Crippen molar-refractivity contribution >= 4 is 23.0 Å². The van der Waals surface area contributed by atoms with E-state index in [2.05, 4.69) is 15.8 Å². The summed E-state index contributed by atoms with van der Waals surface area (Å²) in [7, 11) is 1.78. The van der Waals surface area contributed by atoms with E-state index >= 15 is 0 Å². The second-order valence-electron chi connectivity index (χ2n) is 5.64. The molecule has 0 bridgehead atoms. The minimum absolute atomic E-state index is 0.217. The molecule has 26 heavy (non-hydrogen) atoms. The molecule has 0 fully saturated rings. The van der Waals surface area contributed by atoms with Gasteiger partial charge in [0.25, 0.3) is 5.56 Å². The smallest absolute Gasteiger partial charge is 0.273 e. The molecule has 3 rings (SSSR count).